The molecule has 1 N–H and O–H groups in total. The van der Waals surface area contributed by atoms with Crippen LogP contribution in [0.3, 0.4) is 0 Å². The molecule has 0 saturated carbocycles. The van der Waals surface area contributed by atoms with E-state index >= 15 is 0 Å². The van der Waals surface area contributed by atoms with E-state index in [9.17, 15) is 8.42 Å². The second kappa shape index (κ2) is 6.59. The number of nitrogens with zero attached hydrogens (tertiary/aromatic N) is 1. The van der Waals surface area contributed by atoms with Gasteiger partial charge in [-0.25, -0.2) is 8.42 Å². The highest BCUT2D eigenvalue weighted by Gasteiger charge is 2.31. The Kier molecular flexibility index (Phi) is 5.05. The average Bonchev–Trinajstić information content (AvgIpc) is 2.90. The molecule has 4 nitrogen and oxygen atoms in total. The molecule has 1 aromatic rings. The van der Waals surface area contributed by atoms with Crippen molar-refractivity contribution in [1.29, 1.82) is 0 Å². The van der Waals surface area contributed by atoms with Crippen LogP contribution in [0.25, 0.3) is 0 Å². The van der Waals surface area contributed by atoms with Gasteiger partial charge in [-0.05, 0) is 49.9 Å². The van der Waals surface area contributed by atoms with Crippen molar-refractivity contribution in [2.45, 2.75) is 38.0 Å². The summed E-state index contributed by atoms with van der Waals surface area (Å²) in [5, 5.41) is 3.17. The van der Waals surface area contributed by atoms with Crippen molar-refractivity contribution in [1.82, 2.24) is 4.31 Å². The molecule has 112 valence electrons. The Morgan fingerprint density at radius 1 is 1.25 bits per heavy atom. The van der Waals surface area contributed by atoms with Crippen molar-refractivity contribution >= 4 is 15.7 Å². The lowest BCUT2D eigenvalue weighted by atomic mass is 10.0. The van der Waals surface area contributed by atoms with E-state index in [1.165, 1.54) is 0 Å². The fraction of sp³-hybridized carbons (Fsp3) is 0.600. The van der Waals surface area contributed by atoms with Gasteiger partial charge in [0.25, 0.3) is 0 Å². The molecule has 1 aromatic carbocycles. The zero-order valence-corrected chi connectivity index (χ0v) is 13.1. The maximum absolute atomic E-state index is 12.6. The first-order chi connectivity index (χ1) is 9.57. The van der Waals surface area contributed by atoms with Gasteiger partial charge in [0, 0.05) is 25.3 Å². The highest BCUT2D eigenvalue weighted by Crippen LogP contribution is 2.27. The zero-order valence-electron chi connectivity index (χ0n) is 12.3. The van der Waals surface area contributed by atoms with Crippen LogP contribution in [0, 0.1) is 5.92 Å². The number of hydrogen-bond donors (Lipinski definition) is 1. The van der Waals surface area contributed by atoms with Crippen molar-refractivity contribution in [3.05, 3.63) is 24.3 Å². The van der Waals surface area contributed by atoms with E-state index < -0.39 is 10.0 Å². The van der Waals surface area contributed by atoms with E-state index in [0.717, 1.165) is 31.5 Å². The van der Waals surface area contributed by atoms with E-state index in [2.05, 4.69) is 12.2 Å². The number of anilines is 1. The first-order valence-electron chi connectivity index (χ1n) is 7.42. The molecule has 0 radical (unpaired) electrons. The molecule has 5 heteroatoms. The Balaban J connectivity index is 2.10. The quantitative estimate of drug-likeness (QED) is 0.878. The molecule has 0 bridgehead atoms. The summed E-state index contributed by atoms with van der Waals surface area (Å²) in [4.78, 5) is 0.399. The van der Waals surface area contributed by atoms with Gasteiger partial charge in [0.2, 0.25) is 10.0 Å². The standard InChI is InChI=1S/C15H24N2O2S/c1-3-5-13-10-11-17(12-13)20(18,19)15-8-6-14(7-9-15)16-4-2/h6-9,13,16H,3-5,10-12H2,1-2H3. The van der Waals surface area contributed by atoms with Crippen molar-refractivity contribution in [3.8, 4) is 0 Å². The maximum Gasteiger partial charge on any atom is 0.243 e. The topological polar surface area (TPSA) is 49.4 Å². The fourth-order valence-electron chi connectivity index (χ4n) is 2.76. The largest absolute Gasteiger partial charge is 0.385 e. The van der Waals surface area contributed by atoms with Crippen LogP contribution in [0.15, 0.2) is 29.2 Å². The van der Waals surface area contributed by atoms with Crippen molar-refractivity contribution in [2.75, 3.05) is 25.0 Å². The van der Waals surface area contributed by atoms with E-state index in [-0.39, 0.29) is 0 Å². The first kappa shape index (κ1) is 15.3. The highest BCUT2D eigenvalue weighted by molar-refractivity contribution is 7.89. The van der Waals surface area contributed by atoms with Crippen molar-refractivity contribution < 1.29 is 8.42 Å². The summed E-state index contributed by atoms with van der Waals surface area (Å²) in [7, 11) is -3.32. The third-order valence-electron chi connectivity index (χ3n) is 3.82. The molecule has 0 amide bonds. The van der Waals surface area contributed by atoms with E-state index in [1.807, 2.05) is 19.1 Å². The minimum atomic E-state index is -3.32. The summed E-state index contributed by atoms with van der Waals surface area (Å²) in [6.45, 7) is 6.32. The lowest BCUT2D eigenvalue weighted by molar-refractivity contribution is 0.444. The van der Waals surface area contributed by atoms with Gasteiger partial charge in [0.05, 0.1) is 4.90 Å². The van der Waals surface area contributed by atoms with E-state index in [0.29, 0.717) is 23.9 Å². The van der Waals surface area contributed by atoms with Gasteiger partial charge in [-0.3, -0.25) is 0 Å². The summed E-state index contributed by atoms with van der Waals surface area (Å²) >= 11 is 0. The molecule has 1 aliphatic heterocycles. The molecule has 0 spiro atoms. The Morgan fingerprint density at radius 2 is 1.95 bits per heavy atom. The average molecular weight is 296 g/mol. The van der Waals surface area contributed by atoms with Crippen LogP contribution in [0.5, 0.6) is 0 Å². The Labute approximate surface area is 122 Å². The number of rotatable bonds is 6. The Hall–Kier alpha value is -1.07. The van der Waals surface area contributed by atoms with Gasteiger partial charge in [-0.15, -0.1) is 0 Å². The van der Waals surface area contributed by atoms with Crippen LogP contribution in [-0.2, 0) is 10.0 Å². The fourth-order valence-corrected chi connectivity index (χ4v) is 4.29. The lowest BCUT2D eigenvalue weighted by Crippen LogP contribution is -2.28. The molecule has 2 rings (SSSR count). The van der Waals surface area contributed by atoms with Crippen molar-refractivity contribution in [2.24, 2.45) is 5.92 Å². The Morgan fingerprint density at radius 3 is 2.55 bits per heavy atom. The van der Waals surface area contributed by atoms with Gasteiger partial charge in [-0.2, -0.15) is 4.31 Å². The molecule has 1 atom stereocenters. The Bertz CT molecular complexity index is 525. The molecule has 1 heterocycles. The van der Waals surface area contributed by atoms with E-state index in [4.69, 9.17) is 0 Å². The normalized spacial score (nSPS) is 20.2. The predicted molar refractivity (Wildman–Crippen MR) is 82.4 cm³/mol. The molecule has 1 saturated heterocycles. The van der Waals surface area contributed by atoms with Gasteiger partial charge < -0.3 is 5.32 Å². The predicted octanol–water partition coefficient (Wildman–Crippen LogP) is 2.93. The van der Waals surface area contributed by atoms with Crippen molar-refractivity contribution in [3.63, 3.8) is 0 Å². The second-order valence-corrected chi connectivity index (χ2v) is 7.30. The zero-order chi connectivity index (χ0) is 14.6. The summed E-state index contributed by atoms with van der Waals surface area (Å²) < 4.78 is 26.8. The molecule has 0 aliphatic carbocycles. The monoisotopic (exact) mass is 296 g/mol. The van der Waals surface area contributed by atoms with E-state index in [1.54, 1.807) is 16.4 Å². The maximum atomic E-state index is 12.6. The van der Waals surface area contributed by atoms with Crippen LogP contribution >= 0.6 is 0 Å². The smallest absolute Gasteiger partial charge is 0.243 e. The van der Waals surface area contributed by atoms with Gasteiger partial charge in [-0.1, -0.05) is 13.3 Å². The molecular weight excluding hydrogens is 272 g/mol. The minimum Gasteiger partial charge on any atom is -0.385 e. The molecule has 1 unspecified atom stereocenters. The van der Waals surface area contributed by atoms with Crippen LogP contribution in [-0.4, -0.2) is 32.4 Å². The van der Waals surface area contributed by atoms with Gasteiger partial charge in [0.1, 0.15) is 0 Å². The summed E-state index contributed by atoms with van der Waals surface area (Å²) in [6, 6.07) is 7.05. The minimum absolute atomic E-state index is 0.399. The summed E-state index contributed by atoms with van der Waals surface area (Å²) in [6.07, 6.45) is 3.23. The molecule has 1 aliphatic rings. The third kappa shape index (κ3) is 3.33. The third-order valence-corrected chi connectivity index (χ3v) is 5.70. The molecule has 20 heavy (non-hydrogen) atoms. The molecule has 1 fully saturated rings. The molecular formula is C15H24N2O2S. The van der Waals surface area contributed by atoms with Crippen LogP contribution in [0.2, 0.25) is 0 Å². The second-order valence-electron chi connectivity index (χ2n) is 5.36. The number of hydrogen-bond acceptors (Lipinski definition) is 3. The SMILES string of the molecule is CCCC1CCN(S(=O)(=O)c2ccc(NCC)cc2)C1. The summed E-state index contributed by atoms with van der Waals surface area (Å²) in [5.74, 6) is 0.524. The summed E-state index contributed by atoms with van der Waals surface area (Å²) in [5.41, 5.74) is 0.955. The van der Waals surface area contributed by atoms with Crippen LogP contribution in [0.4, 0.5) is 5.69 Å². The number of benzene rings is 1. The van der Waals surface area contributed by atoms with Crippen LogP contribution < -0.4 is 5.32 Å². The highest BCUT2D eigenvalue weighted by atomic mass is 32.2. The molecule has 0 aromatic heterocycles. The first-order valence-corrected chi connectivity index (χ1v) is 8.86. The van der Waals surface area contributed by atoms with Crippen LogP contribution in [0.1, 0.15) is 33.1 Å². The van der Waals surface area contributed by atoms with Gasteiger partial charge >= 0.3 is 0 Å². The number of sulfonamides is 1. The lowest BCUT2D eigenvalue weighted by Gasteiger charge is -2.17. The number of nitrogens with one attached hydrogen (secondary N) is 1. The van der Waals surface area contributed by atoms with Gasteiger partial charge in [0.15, 0.2) is 0 Å².